The van der Waals surface area contributed by atoms with E-state index in [9.17, 15) is 14.4 Å². The highest BCUT2D eigenvalue weighted by molar-refractivity contribution is 8.18. The molecule has 6 heteroatoms. The molecule has 27 heavy (non-hydrogen) atoms. The first-order valence-electron chi connectivity index (χ1n) is 8.67. The minimum absolute atomic E-state index is 0.265. The predicted molar refractivity (Wildman–Crippen MR) is 108 cm³/mol. The Morgan fingerprint density at radius 2 is 1.85 bits per heavy atom. The maximum absolute atomic E-state index is 12.7. The fourth-order valence-electron chi connectivity index (χ4n) is 2.86. The van der Waals surface area contributed by atoms with Crippen LogP contribution in [0.4, 0.5) is 10.5 Å². The van der Waals surface area contributed by atoms with Crippen LogP contribution in [0.2, 0.25) is 0 Å². The molecular formula is C21H20N2O3S. The van der Waals surface area contributed by atoms with E-state index >= 15 is 0 Å². The van der Waals surface area contributed by atoms with E-state index in [0.29, 0.717) is 11.4 Å². The second kappa shape index (κ2) is 8.22. The van der Waals surface area contributed by atoms with Gasteiger partial charge in [-0.05, 0) is 54.9 Å². The van der Waals surface area contributed by atoms with Gasteiger partial charge in [-0.2, -0.15) is 0 Å². The molecule has 138 valence electrons. The number of thioether (sulfide) groups is 1. The van der Waals surface area contributed by atoms with Gasteiger partial charge in [0, 0.05) is 12.2 Å². The normalized spacial score (nSPS) is 15.5. The van der Waals surface area contributed by atoms with Gasteiger partial charge < -0.3 is 4.90 Å². The highest BCUT2D eigenvalue weighted by Gasteiger charge is 2.37. The van der Waals surface area contributed by atoms with Crippen LogP contribution in [0.3, 0.4) is 0 Å². The number of likely N-dealkylation sites (N-methyl/N-ethyl adjacent to an activating group) is 1. The van der Waals surface area contributed by atoms with Crippen molar-refractivity contribution in [1.82, 2.24) is 4.90 Å². The SMILES string of the molecule is CCN(C(=O)CN1C(=O)S/C(=C/c2ccccc2)C1=O)c1cccc(C)c1. The topological polar surface area (TPSA) is 57.7 Å². The zero-order valence-corrected chi connectivity index (χ0v) is 16.0. The second-order valence-electron chi connectivity index (χ2n) is 6.16. The van der Waals surface area contributed by atoms with Crippen molar-refractivity contribution in [1.29, 1.82) is 0 Å². The van der Waals surface area contributed by atoms with E-state index < -0.39 is 11.1 Å². The summed E-state index contributed by atoms with van der Waals surface area (Å²) in [6.07, 6.45) is 1.67. The molecule has 1 saturated heterocycles. The Bertz CT molecular complexity index is 909. The van der Waals surface area contributed by atoms with E-state index in [1.807, 2.05) is 68.4 Å². The standard InChI is InChI=1S/C21H20N2O3S/c1-3-22(17-11-7-8-15(2)12-17)19(24)14-23-20(25)18(27-21(23)26)13-16-9-5-4-6-10-16/h4-13H,3,14H2,1-2H3/b18-13+. The molecule has 0 unspecified atom stereocenters. The van der Waals surface area contributed by atoms with Crippen molar-refractivity contribution in [3.8, 4) is 0 Å². The van der Waals surface area contributed by atoms with Crippen LogP contribution in [-0.2, 0) is 9.59 Å². The summed E-state index contributed by atoms with van der Waals surface area (Å²) in [5, 5.41) is -0.421. The fourth-order valence-corrected chi connectivity index (χ4v) is 3.69. The largest absolute Gasteiger partial charge is 0.311 e. The molecule has 2 aromatic carbocycles. The number of imide groups is 1. The molecule has 2 aromatic rings. The van der Waals surface area contributed by atoms with Crippen LogP contribution in [0, 0.1) is 6.92 Å². The van der Waals surface area contributed by atoms with Crippen LogP contribution in [0.25, 0.3) is 6.08 Å². The van der Waals surface area contributed by atoms with Gasteiger partial charge in [0.1, 0.15) is 6.54 Å². The summed E-state index contributed by atoms with van der Waals surface area (Å²) in [5.74, 6) is -0.714. The molecule has 0 radical (unpaired) electrons. The quantitative estimate of drug-likeness (QED) is 0.733. The monoisotopic (exact) mass is 380 g/mol. The molecule has 0 aromatic heterocycles. The average Bonchev–Trinajstić information content (AvgIpc) is 2.91. The third-order valence-corrected chi connectivity index (χ3v) is 5.10. The van der Waals surface area contributed by atoms with Crippen molar-refractivity contribution >= 4 is 40.6 Å². The number of rotatable bonds is 5. The number of amides is 3. The molecule has 0 spiro atoms. The summed E-state index contributed by atoms with van der Waals surface area (Å²) in [6.45, 7) is 4.01. The molecular weight excluding hydrogens is 360 g/mol. The lowest BCUT2D eigenvalue weighted by Crippen LogP contribution is -2.42. The maximum Gasteiger partial charge on any atom is 0.294 e. The number of nitrogens with zero attached hydrogens (tertiary/aromatic N) is 2. The Morgan fingerprint density at radius 3 is 2.52 bits per heavy atom. The smallest absolute Gasteiger partial charge is 0.294 e. The van der Waals surface area contributed by atoms with Crippen molar-refractivity contribution in [2.24, 2.45) is 0 Å². The minimum Gasteiger partial charge on any atom is -0.311 e. The summed E-state index contributed by atoms with van der Waals surface area (Å²) in [4.78, 5) is 40.6. The van der Waals surface area contributed by atoms with Crippen molar-refractivity contribution in [2.75, 3.05) is 18.0 Å². The first-order chi connectivity index (χ1) is 13.0. The third kappa shape index (κ3) is 4.28. The fraction of sp³-hybridized carbons (Fsp3) is 0.190. The Morgan fingerprint density at radius 1 is 1.11 bits per heavy atom. The molecule has 0 aliphatic carbocycles. The van der Waals surface area contributed by atoms with Gasteiger partial charge in [0.2, 0.25) is 5.91 Å². The van der Waals surface area contributed by atoms with E-state index in [-0.39, 0.29) is 12.5 Å². The highest BCUT2D eigenvalue weighted by atomic mass is 32.2. The second-order valence-corrected chi connectivity index (χ2v) is 7.15. The van der Waals surface area contributed by atoms with Gasteiger partial charge in [0.15, 0.2) is 0 Å². The number of anilines is 1. The summed E-state index contributed by atoms with van der Waals surface area (Å²) in [5.41, 5.74) is 2.63. The number of benzene rings is 2. The first-order valence-corrected chi connectivity index (χ1v) is 9.48. The summed E-state index contributed by atoms with van der Waals surface area (Å²) in [6, 6.07) is 16.9. The molecule has 1 fully saturated rings. The molecule has 0 N–H and O–H groups in total. The zero-order valence-electron chi connectivity index (χ0n) is 15.2. The van der Waals surface area contributed by atoms with E-state index in [4.69, 9.17) is 0 Å². The average molecular weight is 380 g/mol. The minimum atomic E-state index is -0.428. The van der Waals surface area contributed by atoms with E-state index in [1.54, 1.807) is 11.0 Å². The molecule has 0 bridgehead atoms. The molecule has 1 aliphatic heterocycles. The molecule has 3 amide bonds. The molecule has 0 saturated carbocycles. The Balaban J connectivity index is 1.76. The Labute approximate surface area is 162 Å². The number of hydrogen-bond donors (Lipinski definition) is 0. The third-order valence-electron chi connectivity index (χ3n) is 4.19. The first kappa shape index (κ1) is 18.9. The van der Waals surface area contributed by atoms with Crippen LogP contribution in [-0.4, -0.2) is 35.0 Å². The van der Waals surface area contributed by atoms with Crippen molar-refractivity contribution in [3.63, 3.8) is 0 Å². The van der Waals surface area contributed by atoms with Gasteiger partial charge in [-0.15, -0.1) is 0 Å². The molecule has 0 atom stereocenters. The Hall–Kier alpha value is -2.86. The van der Waals surface area contributed by atoms with E-state index in [2.05, 4.69) is 0 Å². The summed E-state index contributed by atoms with van der Waals surface area (Å²) < 4.78 is 0. The van der Waals surface area contributed by atoms with Gasteiger partial charge in [0.05, 0.1) is 4.91 Å². The lowest BCUT2D eigenvalue weighted by Gasteiger charge is -2.23. The van der Waals surface area contributed by atoms with E-state index in [1.165, 1.54) is 0 Å². The van der Waals surface area contributed by atoms with Gasteiger partial charge in [0.25, 0.3) is 11.1 Å². The lowest BCUT2D eigenvalue weighted by atomic mass is 10.2. The van der Waals surface area contributed by atoms with Crippen LogP contribution < -0.4 is 4.90 Å². The zero-order chi connectivity index (χ0) is 19.4. The lowest BCUT2D eigenvalue weighted by molar-refractivity contribution is -0.128. The van der Waals surface area contributed by atoms with Gasteiger partial charge >= 0.3 is 0 Å². The highest BCUT2D eigenvalue weighted by Crippen LogP contribution is 2.32. The predicted octanol–water partition coefficient (Wildman–Crippen LogP) is 4.08. The summed E-state index contributed by atoms with van der Waals surface area (Å²) in [7, 11) is 0. The molecule has 1 heterocycles. The van der Waals surface area contributed by atoms with Crippen LogP contribution in [0.15, 0.2) is 59.5 Å². The molecule has 1 aliphatic rings. The molecule has 5 nitrogen and oxygen atoms in total. The van der Waals surface area contributed by atoms with Gasteiger partial charge in [-0.1, -0.05) is 42.5 Å². The maximum atomic E-state index is 12.7. The molecule has 3 rings (SSSR count). The number of carbonyl (C=O) groups is 3. The van der Waals surface area contributed by atoms with Crippen molar-refractivity contribution in [3.05, 3.63) is 70.6 Å². The van der Waals surface area contributed by atoms with Crippen LogP contribution >= 0.6 is 11.8 Å². The van der Waals surface area contributed by atoms with Crippen molar-refractivity contribution in [2.45, 2.75) is 13.8 Å². The number of carbonyl (C=O) groups excluding carboxylic acids is 3. The van der Waals surface area contributed by atoms with Crippen molar-refractivity contribution < 1.29 is 14.4 Å². The Kier molecular flexibility index (Phi) is 5.76. The van der Waals surface area contributed by atoms with Crippen LogP contribution in [0.5, 0.6) is 0 Å². The van der Waals surface area contributed by atoms with Gasteiger partial charge in [-0.25, -0.2) is 0 Å². The van der Waals surface area contributed by atoms with Gasteiger partial charge in [-0.3, -0.25) is 19.3 Å². The number of aryl methyl sites for hydroxylation is 1. The summed E-state index contributed by atoms with van der Waals surface area (Å²) >= 11 is 0.864. The number of hydrogen-bond acceptors (Lipinski definition) is 4. The van der Waals surface area contributed by atoms with Crippen LogP contribution in [0.1, 0.15) is 18.1 Å². The van der Waals surface area contributed by atoms with E-state index in [0.717, 1.165) is 33.5 Å².